The Morgan fingerprint density at radius 1 is 1.64 bits per heavy atom. The van der Waals surface area contributed by atoms with Gasteiger partial charge in [-0.1, -0.05) is 11.6 Å². The summed E-state index contributed by atoms with van der Waals surface area (Å²) in [5.41, 5.74) is 5.72. The highest BCUT2D eigenvalue weighted by molar-refractivity contribution is 6.31. The fraction of sp³-hybridized carbons (Fsp3) is 0.250. The van der Waals surface area contributed by atoms with Crippen molar-refractivity contribution in [3.05, 3.63) is 28.5 Å². The molecule has 1 atom stereocenters. The molecule has 14 heavy (non-hydrogen) atoms. The van der Waals surface area contributed by atoms with Crippen LogP contribution in [0.15, 0.2) is 12.1 Å². The first kappa shape index (κ1) is 10.9. The summed E-state index contributed by atoms with van der Waals surface area (Å²) < 4.78 is 0. The number of nitrogens with zero attached hydrogens (tertiary/aromatic N) is 1. The van der Waals surface area contributed by atoms with E-state index in [-0.39, 0.29) is 23.0 Å². The molecule has 0 aliphatic heterocycles. The summed E-state index contributed by atoms with van der Waals surface area (Å²) in [4.78, 5) is 14.3. The number of aromatic nitrogens is 1. The monoisotopic (exact) mass is 216 g/mol. The molecule has 0 aromatic carbocycles. The van der Waals surface area contributed by atoms with E-state index in [0.717, 1.165) is 0 Å². The Morgan fingerprint density at radius 2 is 2.29 bits per heavy atom. The first-order valence-electron chi connectivity index (χ1n) is 3.81. The second-order valence-corrected chi connectivity index (χ2v) is 3.05. The van der Waals surface area contributed by atoms with Gasteiger partial charge in [-0.25, -0.2) is 0 Å². The number of rotatable bonds is 3. The Morgan fingerprint density at radius 3 is 2.79 bits per heavy atom. The zero-order valence-corrected chi connectivity index (χ0v) is 7.90. The molecule has 1 heterocycles. The maximum atomic E-state index is 10.5. The molecule has 0 spiro atoms. The molecule has 1 rings (SSSR count). The summed E-state index contributed by atoms with van der Waals surface area (Å²) in [7, 11) is 0. The molecule has 0 aliphatic rings. The van der Waals surface area contributed by atoms with Gasteiger partial charge in [0.05, 0.1) is 23.0 Å². The van der Waals surface area contributed by atoms with Crippen LogP contribution in [0, 0.1) is 0 Å². The van der Waals surface area contributed by atoms with E-state index in [1.807, 2.05) is 0 Å². The van der Waals surface area contributed by atoms with Crippen molar-refractivity contribution in [2.45, 2.75) is 12.6 Å². The van der Waals surface area contributed by atoms with Crippen molar-refractivity contribution in [2.24, 2.45) is 5.73 Å². The molecule has 5 nitrogen and oxygen atoms in total. The lowest BCUT2D eigenvalue weighted by Crippen LogP contribution is -2.22. The Bertz CT molecular complexity index is 356. The van der Waals surface area contributed by atoms with Crippen molar-refractivity contribution in [3.63, 3.8) is 0 Å². The summed E-state index contributed by atoms with van der Waals surface area (Å²) in [6.45, 7) is -0.348. The van der Waals surface area contributed by atoms with E-state index in [1.54, 1.807) is 0 Å². The number of hydrogen-bond acceptors (Lipinski definition) is 4. The van der Waals surface area contributed by atoms with Crippen LogP contribution in [-0.4, -0.2) is 21.2 Å². The van der Waals surface area contributed by atoms with Crippen molar-refractivity contribution in [3.8, 4) is 0 Å². The molecule has 0 bridgehead atoms. The number of hydrogen-bond donors (Lipinski definition) is 3. The highest BCUT2D eigenvalue weighted by Crippen LogP contribution is 2.17. The molecular formula is C8H9ClN2O3. The summed E-state index contributed by atoms with van der Waals surface area (Å²) in [6, 6.07) is 1.68. The van der Waals surface area contributed by atoms with Crippen molar-refractivity contribution in [2.75, 3.05) is 0 Å². The molecule has 1 aromatic rings. The van der Waals surface area contributed by atoms with Crippen LogP contribution >= 0.6 is 11.6 Å². The van der Waals surface area contributed by atoms with Gasteiger partial charge >= 0.3 is 5.97 Å². The van der Waals surface area contributed by atoms with Crippen LogP contribution in [0.4, 0.5) is 0 Å². The second kappa shape index (κ2) is 4.36. The predicted molar refractivity (Wildman–Crippen MR) is 49.7 cm³/mol. The molecule has 0 amide bonds. The molecule has 1 unspecified atom stereocenters. The van der Waals surface area contributed by atoms with E-state index < -0.39 is 12.0 Å². The summed E-state index contributed by atoms with van der Waals surface area (Å²) in [5, 5.41) is 17.7. The number of carbonyl (C=O) groups is 1. The molecule has 0 fully saturated rings. The third-order valence-corrected chi connectivity index (χ3v) is 2.02. The van der Waals surface area contributed by atoms with E-state index in [9.17, 15) is 4.79 Å². The number of aliphatic carboxylic acids is 1. The summed E-state index contributed by atoms with van der Waals surface area (Å²) >= 11 is 5.67. The summed E-state index contributed by atoms with van der Waals surface area (Å²) in [5.74, 6) is -1.18. The Hall–Kier alpha value is -1.17. The van der Waals surface area contributed by atoms with Gasteiger partial charge in [-0.3, -0.25) is 9.78 Å². The van der Waals surface area contributed by atoms with E-state index in [2.05, 4.69) is 4.98 Å². The fourth-order valence-electron chi connectivity index (χ4n) is 0.912. The number of carboxylic acids is 1. The van der Waals surface area contributed by atoms with Crippen LogP contribution in [0.5, 0.6) is 0 Å². The average molecular weight is 217 g/mol. The van der Waals surface area contributed by atoms with Crippen molar-refractivity contribution >= 4 is 17.6 Å². The topological polar surface area (TPSA) is 96.4 Å². The van der Waals surface area contributed by atoms with E-state index in [4.69, 9.17) is 27.5 Å². The molecule has 0 radical (unpaired) electrons. The van der Waals surface area contributed by atoms with Crippen molar-refractivity contribution in [1.29, 1.82) is 0 Å². The third-order valence-electron chi connectivity index (χ3n) is 1.67. The van der Waals surface area contributed by atoms with Gasteiger partial charge < -0.3 is 15.9 Å². The lowest BCUT2D eigenvalue weighted by atomic mass is 10.2. The molecule has 0 saturated carbocycles. The Kier molecular flexibility index (Phi) is 3.40. The predicted octanol–water partition coefficient (Wildman–Crippen LogP) is 0.312. The van der Waals surface area contributed by atoms with Crippen LogP contribution in [0.1, 0.15) is 17.4 Å². The van der Waals surface area contributed by atoms with Gasteiger partial charge in [-0.15, -0.1) is 0 Å². The van der Waals surface area contributed by atoms with Crippen LogP contribution in [0.25, 0.3) is 0 Å². The lowest BCUT2D eigenvalue weighted by Gasteiger charge is -2.07. The number of carboxylic acid groups (broad SMARTS) is 1. The van der Waals surface area contributed by atoms with Crippen LogP contribution < -0.4 is 5.73 Å². The zero-order valence-electron chi connectivity index (χ0n) is 7.14. The first-order chi connectivity index (χ1) is 6.56. The Balaban J connectivity index is 3.06. The fourth-order valence-corrected chi connectivity index (χ4v) is 1.08. The van der Waals surface area contributed by atoms with Gasteiger partial charge in [-0.05, 0) is 12.1 Å². The highest BCUT2D eigenvalue weighted by Gasteiger charge is 2.16. The van der Waals surface area contributed by atoms with E-state index in [0.29, 0.717) is 0 Å². The molecule has 6 heteroatoms. The quantitative estimate of drug-likeness (QED) is 0.676. The maximum absolute atomic E-state index is 10.5. The summed E-state index contributed by atoms with van der Waals surface area (Å²) in [6.07, 6.45) is 0. The Labute approximate surface area is 85.1 Å². The van der Waals surface area contributed by atoms with Gasteiger partial charge in [0.1, 0.15) is 6.04 Å². The van der Waals surface area contributed by atoms with Gasteiger partial charge in [0.25, 0.3) is 0 Å². The minimum Gasteiger partial charge on any atom is -0.480 e. The second-order valence-electron chi connectivity index (χ2n) is 2.64. The molecule has 0 aliphatic carbocycles. The SMILES string of the molecule is NC(C(=O)O)c1ccc(Cl)c(CO)n1. The molecule has 76 valence electrons. The van der Waals surface area contributed by atoms with Gasteiger partial charge in [-0.2, -0.15) is 0 Å². The lowest BCUT2D eigenvalue weighted by molar-refractivity contribution is -0.138. The molecule has 4 N–H and O–H groups in total. The smallest absolute Gasteiger partial charge is 0.326 e. The number of aliphatic hydroxyl groups is 1. The standard InChI is InChI=1S/C8H9ClN2O3/c9-4-1-2-5(7(10)8(13)14)11-6(4)3-12/h1-2,7,12H,3,10H2,(H,13,14). The van der Waals surface area contributed by atoms with Gasteiger partial charge in [0.2, 0.25) is 0 Å². The van der Waals surface area contributed by atoms with Gasteiger partial charge in [0.15, 0.2) is 0 Å². The number of pyridine rings is 1. The minimum atomic E-state index is -1.20. The minimum absolute atomic E-state index is 0.172. The average Bonchev–Trinajstić information content (AvgIpc) is 2.17. The number of aliphatic hydroxyl groups excluding tert-OH is 1. The maximum Gasteiger partial charge on any atom is 0.326 e. The van der Waals surface area contributed by atoms with E-state index >= 15 is 0 Å². The van der Waals surface area contributed by atoms with Crippen LogP contribution in [0.3, 0.4) is 0 Å². The van der Waals surface area contributed by atoms with Crippen LogP contribution in [-0.2, 0) is 11.4 Å². The largest absolute Gasteiger partial charge is 0.480 e. The number of nitrogens with two attached hydrogens (primary N) is 1. The highest BCUT2D eigenvalue weighted by atomic mass is 35.5. The van der Waals surface area contributed by atoms with Crippen molar-refractivity contribution in [1.82, 2.24) is 4.98 Å². The first-order valence-corrected chi connectivity index (χ1v) is 4.18. The third kappa shape index (κ3) is 2.20. The normalized spacial score (nSPS) is 12.5. The zero-order chi connectivity index (χ0) is 10.7. The molecule has 0 saturated heterocycles. The van der Waals surface area contributed by atoms with E-state index in [1.165, 1.54) is 12.1 Å². The van der Waals surface area contributed by atoms with Crippen LogP contribution in [0.2, 0.25) is 5.02 Å². The molecular weight excluding hydrogens is 208 g/mol. The van der Waals surface area contributed by atoms with Crippen molar-refractivity contribution < 1.29 is 15.0 Å². The number of halogens is 1. The molecule has 1 aromatic heterocycles. The van der Waals surface area contributed by atoms with Gasteiger partial charge in [0, 0.05) is 0 Å².